The summed E-state index contributed by atoms with van der Waals surface area (Å²) in [7, 11) is 0. The molecule has 0 aromatic rings. The summed E-state index contributed by atoms with van der Waals surface area (Å²) >= 11 is 0. The monoisotopic (exact) mass is 209 g/mol. The molecule has 0 radical (unpaired) electrons. The first kappa shape index (κ1) is 10.1. The molecule has 0 aromatic heterocycles. The second-order valence-corrected chi connectivity index (χ2v) is 5.95. The van der Waals surface area contributed by atoms with Crippen LogP contribution in [0.25, 0.3) is 0 Å². The minimum Gasteiger partial charge on any atom is -0.373 e. The highest BCUT2D eigenvalue weighted by Gasteiger charge is 2.43. The van der Waals surface area contributed by atoms with Crippen LogP contribution in [0.1, 0.15) is 39.5 Å². The maximum Gasteiger partial charge on any atom is 0.0678 e. The van der Waals surface area contributed by atoms with Crippen molar-refractivity contribution in [2.24, 2.45) is 11.8 Å². The average molecular weight is 209 g/mol. The van der Waals surface area contributed by atoms with Crippen LogP contribution in [0.5, 0.6) is 0 Å². The van der Waals surface area contributed by atoms with Gasteiger partial charge in [0.05, 0.1) is 12.2 Å². The van der Waals surface area contributed by atoms with Gasteiger partial charge in [0.15, 0.2) is 0 Å². The molecule has 5 atom stereocenters. The van der Waals surface area contributed by atoms with Gasteiger partial charge in [-0.3, -0.25) is 4.90 Å². The number of ether oxygens (including phenoxy) is 1. The van der Waals surface area contributed by atoms with E-state index in [9.17, 15) is 0 Å². The number of fused-ring (bicyclic) bond motifs is 2. The van der Waals surface area contributed by atoms with E-state index in [0.29, 0.717) is 12.2 Å². The Labute approximate surface area is 93.0 Å². The van der Waals surface area contributed by atoms with Gasteiger partial charge >= 0.3 is 0 Å². The lowest BCUT2D eigenvalue weighted by molar-refractivity contribution is -0.0862. The standard InChI is InChI=1S/C13H23NO/c1-9-7-14(8-10(2)15-9)13-6-11-3-4-12(13)5-11/h9-13H,3-8H2,1-2H3/t9-,10-,11-,12-,13+/m1/s1. The predicted molar refractivity (Wildman–Crippen MR) is 60.8 cm³/mol. The Morgan fingerprint density at radius 1 is 1.00 bits per heavy atom. The molecule has 3 fully saturated rings. The number of morpholine rings is 1. The minimum atomic E-state index is 0.438. The van der Waals surface area contributed by atoms with Gasteiger partial charge in [-0.2, -0.15) is 0 Å². The summed E-state index contributed by atoms with van der Waals surface area (Å²) in [4.78, 5) is 2.72. The summed E-state index contributed by atoms with van der Waals surface area (Å²) in [6.45, 7) is 6.77. The lowest BCUT2D eigenvalue weighted by Gasteiger charge is -2.41. The Balaban J connectivity index is 1.66. The van der Waals surface area contributed by atoms with Crippen LogP contribution in [-0.2, 0) is 4.74 Å². The Hall–Kier alpha value is -0.0800. The van der Waals surface area contributed by atoms with Crippen LogP contribution in [0, 0.1) is 11.8 Å². The fourth-order valence-corrected chi connectivity index (χ4v) is 4.15. The molecule has 2 bridgehead atoms. The maximum atomic E-state index is 5.81. The van der Waals surface area contributed by atoms with Gasteiger partial charge in [-0.1, -0.05) is 6.42 Å². The first-order valence-electron chi connectivity index (χ1n) is 6.62. The van der Waals surface area contributed by atoms with Crippen LogP contribution in [-0.4, -0.2) is 36.2 Å². The summed E-state index contributed by atoms with van der Waals surface area (Å²) < 4.78 is 5.81. The second-order valence-electron chi connectivity index (χ2n) is 5.95. The van der Waals surface area contributed by atoms with Gasteiger partial charge in [0.2, 0.25) is 0 Å². The van der Waals surface area contributed by atoms with E-state index >= 15 is 0 Å². The van der Waals surface area contributed by atoms with Gasteiger partial charge in [0.25, 0.3) is 0 Å². The van der Waals surface area contributed by atoms with Crippen molar-refractivity contribution >= 4 is 0 Å². The summed E-state index contributed by atoms with van der Waals surface area (Å²) in [6.07, 6.45) is 6.88. The molecule has 2 nitrogen and oxygen atoms in total. The Morgan fingerprint density at radius 3 is 2.27 bits per heavy atom. The highest BCUT2D eigenvalue weighted by Crippen LogP contribution is 2.47. The molecule has 86 valence electrons. The van der Waals surface area contributed by atoms with Gasteiger partial charge in [0, 0.05) is 19.1 Å². The third-order valence-corrected chi connectivity index (χ3v) is 4.62. The largest absolute Gasteiger partial charge is 0.373 e. The van der Waals surface area contributed by atoms with Crippen LogP contribution >= 0.6 is 0 Å². The Bertz CT molecular complexity index is 233. The quantitative estimate of drug-likeness (QED) is 0.657. The van der Waals surface area contributed by atoms with E-state index in [1.807, 2.05) is 0 Å². The molecule has 3 aliphatic rings. The van der Waals surface area contributed by atoms with Crippen molar-refractivity contribution in [3.8, 4) is 0 Å². The third kappa shape index (κ3) is 1.83. The molecular weight excluding hydrogens is 186 g/mol. The third-order valence-electron chi connectivity index (χ3n) is 4.62. The summed E-state index contributed by atoms with van der Waals surface area (Å²) in [5, 5.41) is 0. The molecule has 2 heteroatoms. The van der Waals surface area contributed by atoms with E-state index < -0.39 is 0 Å². The summed E-state index contributed by atoms with van der Waals surface area (Å²) in [5.74, 6) is 2.08. The molecule has 2 saturated carbocycles. The van der Waals surface area contributed by atoms with E-state index in [4.69, 9.17) is 4.74 Å². The Kier molecular flexibility index (Phi) is 2.52. The van der Waals surface area contributed by atoms with Crippen LogP contribution in [0.2, 0.25) is 0 Å². The molecular formula is C13H23NO. The predicted octanol–water partition coefficient (Wildman–Crippen LogP) is 2.28. The molecule has 15 heavy (non-hydrogen) atoms. The first-order chi connectivity index (χ1) is 7.22. The van der Waals surface area contributed by atoms with Crippen molar-refractivity contribution in [3.63, 3.8) is 0 Å². The first-order valence-corrected chi connectivity index (χ1v) is 6.62. The molecule has 0 unspecified atom stereocenters. The Morgan fingerprint density at radius 2 is 1.73 bits per heavy atom. The number of nitrogens with zero attached hydrogens (tertiary/aromatic N) is 1. The van der Waals surface area contributed by atoms with Crippen molar-refractivity contribution in [1.82, 2.24) is 4.90 Å². The maximum absolute atomic E-state index is 5.81. The molecule has 3 rings (SSSR count). The molecule has 1 aliphatic heterocycles. The van der Waals surface area contributed by atoms with Gasteiger partial charge in [-0.15, -0.1) is 0 Å². The highest BCUT2D eigenvalue weighted by molar-refractivity contribution is 4.96. The van der Waals surface area contributed by atoms with Crippen LogP contribution in [0.3, 0.4) is 0 Å². The number of rotatable bonds is 1. The van der Waals surface area contributed by atoms with Crippen LogP contribution < -0.4 is 0 Å². The van der Waals surface area contributed by atoms with Gasteiger partial charge in [-0.25, -0.2) is 0 Å². The van der Waals surface area contributed by atoms with Crippen molar-refractivity contribution in [1.29, 1.82) is 0 Å². The van der Waals surface area contributed by atoms with Crippen LogP contribution in [0.15, 0.2) is 0 Å². The van der Waals surface area contributed by atoms with Gasteiger partial charge < -0.3 is 4.74 Å². The van der Waals surface area contributed by atoms with E-state index in [0.717, 1.165) is 31.0 Å². The van der Waals surface area contributed by atoms with E-state index in [1.165, 1.54) is 25.7 Å². The highest BCUT2D eigenvalue weighted by atomic mass is 16.5. The zero-order valence-corrected chi connectivity index (χ0v) is 9.98. The fraction of sp³-hybridized carbons (Fsp3) is 1.00. The molecule has 0 amide bonds. The molecule has 2 aliphatic carbocycles. The zero-order chi connectivity index (χ0) is 10.4. The van der Waals surface area contributed by atoms with Gasteiger partial charge in [0.1, 0.15) is 0 Å². The summed E-state index contributed by atoms with van der Waals surface area (Å²) in [6, 6.07) is 0.901. The van der Waals surface area contributed by atoms with Crippen LogP contribution in [0.4, 0.5) is 0 Å². The fourth-order valence-electron chi connectivity index (χ4n) is 4.15. The summed E-state index contributed by atoms with van der Waals surface area (Å²) in [5.41, 5.74) is 0. The van der Waals surface area contributed by atoms with E-state index in [-0.39, 0.29) is 0 Å². The average Bonchev–Trinajstić information content (AvgIpc) is 2.76. The van der Waals surface area contributed by atoms with Gasteiger partial charge in [-0.05, 0) is 44.9 Å². The molecule has 0 N–H and O–H groups in total. The minimum absolute atomic E-state index is 0.438. The topological polar surface area (TPSA) is 12.5 Å². The molecule has 0 aromatic carbocycles. The normalized spacial score (nSPS) is 51.2. The number of hydrogen-bond acceptors (Lipinski definition) is 2. The SMILES string of the molecule is C[C@@H]1CN([C@H]2C[C@@H]3CC[C@@H]2C3)C[C@@H](C)O1. The lowest BCUT2D eigenvalue weighted by atomic mass is 9.93. The molecule has 1 heterocycles. The zero-order valence-electron chi connectivity index (χ0n) is 9.98. The smallest absolute Gasteiger partial charge is 0.0678 e. The lowest BCUT2D eigenvalue weighted by Crippen LogP contribution is -2.51. The van der Waals surface area contributed by atoms with Crippen molar-refractivity contribution < 1.29 is 4.74 Å². The second kappa shape index (κ2) is 3.74. The molecule has 0 spiro atoms. The van der Waals surface area contributed by atoms with Crippen molar-refractivity contribution in [2.75, 3.05) is 13.1 Å². The molecule has 1 saturated heterocycles. The van der Waals surface area contributed by atoms with Crippen molar-refractivity contribution in [2.45, 2.75) is 57.8 Å². The number of hydrogen-bond donors (Lipinski definition) is 0. The van der Waals surface area contributed by atoms with E-state index in [1.54, 1.807) is 0 Å². The van der Waals surface area contributed by atoms with E-state index in [2.05, 4.69) is 18.7 Å². The van der Waals surface area contributed by atoms with Crippen molar-refractivity contribution in [3.05, 3.63) is 0 Å².